The highest BCUT2D eigenvalue weighted by atomic mass is 32.2. The van der Waals surface area contributed by atoms with E-state index in [-0.39, 0.29) is 23.2 Å². The lowest BCUT2D eigenvalue weighted by atomic mass is 10.2. The number of benzene rings is 1. The van der Waals surface area contributed by atoms with E-state index in [9.17, 15) is 13.2 Å². The van der Waals surface area contributed by atoms with Gasteiger partial charge in [-0.25, -0.2) is 18.4 Å². The van der Waals surface area contributed by atoms with E-state index >= 15 is 0 Å². The van der Waals surface area contributed by atoms with Crippen molar-refractivity contribution in [3.8, 4) is 6.07 Å². The first-order valence-electron chi connectivity index (χ1n) is 8.38. The molecule has 1 saturated heterocycles. The number of sulfone groups is 1. The molecule has 140 valence electrons. The highest BCUT2D eigenvalue weighted by molar-refractivity contribution is 7.91. The van der Waals surface area contributed by atoms with Gasteiger partial charge >= 0.3 is 0 Å². The molecule has 0 aliphatic carbocycles. The van der Waals surface area contributed by atoms with E-state index < -0.39 is 15.7 Å². The molecule has 1 aliphatic heterocycles. The second-order valence-corrected chi connectivity index (χ2v) is 8.70. The van der Waals surface area contributed by atoms with Crippen LogP contribution in [0, 0.1) is 18.3 Å². The largest absolute Gasteiger partial charge is 0.340 e. The van der Waals surface area contributed by atoms with E-state index in [2.05, 4.69) is 15.3 Å². The lowest BCUT2D eigenvalue weighted by Gasteiger charge is -2.23. The summed E-state index contributed by atoms with van der Waals surface area (Å²) in [5, 5.41) is 11.8. The molecule has 1 fully saturated rings. The molecule has 0 saturated carbocycles. The molecule has 1 aromatic heterocycles. The minimum absolute atomic E-state index is 0.0534. The molecular formula is C18H19N5O3S. The number of aryl methyl sites for hydroxylation is 1. The summed E-state index contributed by atoms with van der Waals surface area (Å²) in [6, 6.07) is 10.0. The molecule has 1 unspecified atom stereocenters. The van der Waals surface area contributed by atoms with E-state index in [0.29, 0.717) is 29.3 Å². The van der Waals surface area contributed by atoms with Crippen LogP contribution in [0.25, 0.3) is 0 Å². The van der Waals surface area contributed by atoms with Gasteiger partial charge in [0.2, 0.25) is 5.95 Å². The molecule has 0 spiro atoms. The number of nitrogens with one attached hydrogen (secondary N) is 1. The number of anilines is 2. The quantitative estimate of drug-likeness (QED) is 0.848. The Bertz CT molecular complexity index is 1030. The Morgan fingerprint density at radius 3 is 2.74 bits per heavy atom. The van der Waals surface area contributed by atoms with Gasteiger partial charge in [-0.15, -0.1) is 0 Å². The first-order chi connectivity index (χ1) is 12.8. The van der Waals surface area contributed by atoms with Crippen molar-refractivity contribution in [3.63, 3.8) is 0 Å². The maximum atomic E-state index is 12.6. The van der Waals surface area contributed by atoms with Crippen molar-refractivity contribution >= 4 is 27.4 Å². The third-order valence-electron chi connectivity index (χ3n) is 4.44. The van der Waals surface area contributed by atoms with Gasteiger partial charge in [0.1, 0.15) is 11.8 Å². The summed E-state index contributed by atoms with van der Waals surface area (Å²) < 4.78 is 23.4. The van der Waals surface area contributed by atoms with E-state index in [0.717, 1.165) is 0 Å². The van der Waals surface area contributed by atoms with Crippen molar-refractivity contribution < 1.29 is 13.2 Å². The summed E-state index contributed by atoms with van der Waals surface area (Å²) in [6.07, 6.45) is 0.507. The Kier molecular flexibility index (Phi) is 5.10. The summed E-state index contributed by atoms with van der Waals surface area (Å²) in [6.45, 7) is 1.74. The summed E-state index contributed by atoms with van der Waals surface area (Å²) in [7, 11) is -1.31. The zero-order valence-electron chi connectivity index (χ0n) is 15.0. The summed E-state index contributed by atoms with van der Waals surface area (Å²) in [4.78, 5) is 23.0. The topological polar surface area (TPSA) is 116 Å². The van der Waals surface area contributed by atoms with Gasteiger partial charge in [0.25, 0.3) is 5.91 Å². The van der Waals surface area contributed by atoms with E-state index in [1.54, 1.807) is 49.2 Å². The van der Waals surface area contributed by atoms with Gasteiger partial charge in [-0.1, -0.05) is 12.1 Å². The summed E-state index contributed by atoms with van der Waals surface area (Å²) >= 11 is 0. The van der Waals surface area contributed by atoms with Crippen molar-refractivity contribution in [1.29, 1.82) is 5.26 Å². The number of aromatic nitrogens is 2. The zero-order chi connectivity index (χ0) is 19.6. The highest BCUT2D eigenvalue weighted by Crippen LogP contribution is 2.21. The van der Waals surface area contributed by atoms with Gasteiger partial charge < -0.3 is 10.2 Å². The third kappa shape index (κ3) is 4.23. The van der Waals surface area contributed by atoms with Crippen molar-refractivity contribution in [2.45, 2.75) is 19.4 Å². The number of nitrogens with zero attached hydrogens (tertiary/aromatic N) is 4. The van der Waals surface area contributed by atoms with E-state index in [4.69, 9.17) is 5.26 Å². The van der Waals surface area contributed by atoms with Crippen LogP contribution in [-0.2, 0) is 9.84 Å². The minimum atomic E-state index is -3.04. The normalized spacial score (nSPS) is 17.9. The molecule has 3 rings (SSSR count). The van der Waals surface area contributed by atoms with Gasteiger partial charge in [0.05, 0.1) is 22.8 Å². The first kappa shape index (κ1) is 18.8. The van der Waals surface area contributed by atoms with Gasteiger partial charge in [-0.3, -0.25) is 4.79 Å². The molecule has 2 heterocycles. The molecule has 1 N–H and O–H groups in total. The Labute approximate surface area is 157 Å². The smallest absolute Gasteiger partial charge is 0.274 e. The van der Waals surface area contributed by atoms with Crippen molar-refractivity contribution in [2.24, 2.45) is 0 Å². The average molecular weight is 385 g/mol. The highest BCUT2D eigenvalue weighted by Gasteiger charge is 2.32. The molecule has 1 amide bonds. The average Bonchev–Trinajstić information content (AvgIpc) is 3.00. The van der Waals surface area contributed by atoms with Crippen LogP contribution in [0.4, 0.5) is 11.6 Å². The molecule has 0 radical (unpaired) electrons. The van der Waals surface area contributed by atoms with Crippen molar-refractivity contribution in [3.05, 3.63) is 47.3 Å². The molecule has 1 aromatic carbocycles. The number of hydrogen-bond donors (Lipinski definition) is 1. The lowest BCUT2D eigenvalue weighted by Crippen LogP contribution is -2.34. The predicted octanol–water partition coefficient (Wildman–Crippen LogP) is 1.53. The van der Waals surface area contributed by atoms with Gasteiger partial charge in [0, 0.05) is 18.8 Å². The Morgan fingerprint density at radius 1 is 1.33 bits per heavy atom. The molecule has 8 nitrogen and oxygen atoms in total. The molecule has 27 heavy (non-hydrogen) atoms. The van der Waals surface area contributed by atoms with E-state index in [1.807, 2.05) is 6.07 Å². The fourth-order valence-corrected chi connectivity index (χ4v) is 4.72. The first-order valence-corrected chi connectivity index (χ1v) is 10.2. The molecule has 1 atom stereocenters. The monoisotopic (exact) mass is 385 g/mol. The van der Waals surface area contributed by atoms with Crippen LogP contribution in [0.3, 0.4) is 0 Å². The Balaban J connectivity index is 1.85. The van der Waals surface area contributed by atoms with Crippen LogP contribution in [0.2, 0.25) is 0 Å². The van der Waals surface area contributed by atoms with Crippen molar-refractivity contribution in [2.75, 3.05) is 28.8 Å². The van der Waals surface area contributed by atoms with Crippen LogP contribution in [0.5, 0.6) is 0 Å². The number of nitriles is 1. The van der Waals surface area contributed by atoms with Crippen LogP contribution in [0.15, 0.2) is 30.3 Å². The fourth-order valence-electron chi connectivity index (χ4n) is 2.95. The van der Waals surface area contributed by atoms with Gasteiger partial charge in [-0.05, 0) is 31.5 Å². The molecular weight excluding hydrogens is 366 g/mol. The zero-order valence-corrected chi connectivity index (χ0v) is 15.8. The molecule has 2 aromatic rings. The second kappa shape index (κ2) is 7.32. The standard InChI is InChI=1S/C18H19N5O3S/c1-12-9-16(17(24)21-15-6-4-3-5-13(15)10-19)22-18(20-12)23(2)14-7-8-27(25,26)11-14/h3-6,9,14H,7-8,11H2,1-2H3,(H,21,24). The van der Waals surface area contributed by atoms with Crippen LogP contribution in [0.1, 0.15) is 28.2 Å². The molecule has 9 heteroatoms. The van der Waals surface area contributed by atoms with Crippen LogP contribution in [-0.4, -0.2) is 48.9 Å². The fraction of sp³-hybridized carbons (Fsp3) is 0.333. The van der Waals surface area contributed by atoms with Gasteiger partial charge in [-0.2, -0.15) is 5.26 Å². The SMILES string of the molecule is Cc1cc(C(=O)Nc2ccccc2C#N)nc(N(C)C2CCS(=O)(=O)C2)n1. The maximum absolute atomic E-state index is 12.6. The minimum Gasteiger partial charge on any atom is -0.340 e. The number of carbonyl (C=O) groups is 1. The van der Waals surface area contributed by atoms with Crippen LogP contribution >= 0.6 is 0 Å². The Morgan fingerprint density at radius 2 is 2.07 bits per heavy atom. The third-order valence-corrected chi connectivity index (χ3v) is 6.19. The molecule has 0 bridgehead atoms. The number of amides is 1. The summed E-state index contributed by atoms with van der Waals surface area (Å²) in [5.41, 5.74) is 1.49. The lowest BCUT2D eigenvalue weighted by molar-refractivity contribution is 0.102. The van der Waals surface area contributed by atoms with Gasteiger partial charge in [0.15, 0.2) is 9.84 Å². The predicted molar refractivity (Wildman–Crippen MR) is 101 cm³/mol. The summed E-state index contributed by atoms with van der Waals surface area (Å²) in [5.74, 6) is 0.0389. The number of para-hydroxylation sites is 1. The van der Waals surface area contributed by atoms with Crippen LogP contribution < -0.4 is 10.2 Å². The van der Waals surface area contributed by atoms with E-state index in [1.165, 1.54) is 0 Å². The number of rotatable bonds is 4. The van der Waals surface area contributed by atoms with Crippen molar-refractivity contribution in [1.82, 2.24) is 9.97 Å². The Hall–Kier alpha value is -2.99. The number of hydrogen-bond acceptors (Lipinski definition) is 7. The second-order valence-electron chi connectivity index (χ2n) is 6.47. The molecule has 1 aliphatic rings. The maximum Gasteiger partial charge on any atom is 0.274 e. The number of carbonyl (C=O) groups excluding carboxylic acids is 1.